The van der Waals surface area contributed by atoms with E-state index in [1.54, 1.807) is 0 Å². The maximum atomic E-state index is 6.01. The second kappa shape index (κ2) is 5.86. The van der Waals surface area contributed by atoms with Crippen LogP contribution in [-0.2, 0) is 19.6 Å². The number of nitrogens with zero attached hydrogens (tertiary/aromatic N) is 1. The van der Waals surface area contributed by atoms with E-state index in [9.17, 15) is 0 Å². The predicted octanol–water partition coefficient (Wildman–Crippen LogP) is 3.91. The SMILES string of the molecule is CN1CCc2cccc(OCc3ccc(Cl)cc3)c2C1. The third-order valence-electron chi connectivity index (χ3n) is 3.73. The van der Waals surface area contributed by atoms with Gasteiger partial charge < -0.3 is 9.64 Å². The zero-order chi connectivity index (χ0) is 13.9. The van der Waals surface area contributed by atoms with Crippen LogP contribution < -0.4 is 4.74 Å². The Morgan fingerprint density at radius 2 is 1.95 bits per heavy atom. The Balaban J connectivity index is 1.76. The van der Waals surface area contributed by atoms with Crippen molar-refractivity contribution in [3.63, 3.8) is 0 Å². The van der Waals surface area contributed by atoms with Crippen LogP contribution in [0.1, 0.15) is 16.7 Å². The fourth-order valence-electron chi connectivity index (χ4n) is 2.56. The van der Waals surface area contributed by atoms with Crippen LogP contribution in [0.3, 0.4) is 0 Å². The molecule has 1 aliphatic rings. The molecule has 0 fully saturated rings. The molecule has 2 nitrogen and oxygen atoms in total. The Hall–Kier alpha value is -1.51. The van der Waals surface area contributed by atoms with E-state index in [4.69, 9.17) is 16.3 Å². The van der Waals surface area contributed by atoms with Crippen molar-refractivity contribution in [2.24, 2.45) is 0 Å². The number of fused-ring (bicyclic) bond motifs is 1. The first-order valence-corrected chi connectivity index (χ1v) is 7.27. The Morgan fingerprint density at radius 3 is 2.75 bits per heavy atom. The second-order valence-corrected chi connectivity index (χ2v) is 5.73. The zero-order valence-electron chi connectivity index (χ0n) is 11.6. The van der Waals surface area contributed by atoms with E-state index in [1.165, 1.54) is 11.1 Å². The van der Waals surface area contributed by atoms with Crippen LogP contribution in [0.4, 0.5) is 0 Å². The van der Waals surface area contributed by atoms with Gasteiger partial charge in [-0.3, -0.25) is 0 Å². The molecular weight excluding hydrogens is 270 g/mol. The third-order valence-corrected chi connectivity index (χ3v) is 3.98. The molecule has 1 aliphatic heterocycles. The lowest BCUT2D eigenvalue weighted by atomic mass is 9.99. The van der Waals surface area contributed by atoms with E-state index in [-0.39, 0.29) is 0 Å². The average molecular weight is 288 g/mol. The quantitative estimate of drug-likeness (QED) is 0.849. The Kier molecular flexibility index (Phi) is 3.95. The molecule has 0 saturated carbocycles. The Bertz CT molecular complexity index is 594. The fraction of sp³-hybridized carbons (Fsp3) is 0.294. The van der Waals surface area contributed by atoms with Crippen molar-refractivity contribution in [2.75, 3.05) is 13.6 Å². The van der Waals surface area contributed by atoms with Crippen LogP contribution in [0.2, 0.25) is 5.02 Å². The van der Waals surface area contributed by atoms with E-state index in [0.717, 1.165) is 35.8 Å². The summed E-state index contributed by atoms with van der Waals surface area (Å²) in [7, 11) is 2.15. The predicted molar refractivity (Wildman–Crippen MR) is 82.3 cm³/mol. The molecule has 0 spiro atoms. The highest BCUT2D eigenvalue weighted by Gasteiger charge is 2.16. The minimum absolute atomic E-state index is 0.581. The third kappa shape index (κ3) is 2.97. The average Bonchev–Trinajstić information content (AvgIpc) is 2.47. The van der Waals surface area contributed by atoms with Crippen LogP contribution in [0, 0.1) is 0 Å². The van der Waals surface area contributed by atoms with Gasteiger partial charge in [0.2, 0.25) is 0 Å². The van der Waals surface area contributed by atoms with Gasteiger partial charge in [-0.1, -0.05) is 35.9 Å². The van der Waals surface area contributed by atoms with Gasteiger partial charge in [-0.25, -0.2) is 0 Å². The maximum absolute atomic E-state index is 6.01. The molecule has 0 bridgehead atoms. The number of likely N-dealkylation sites (N-methyl/N-ethyl adjacent to an activating group) is 1. The van der Waals surface area contributed by atoms with Crippen molar-refractivity contribution >= 4 is 11.6 Å². The van der Waals surface area contributed by atoms with Gasteiger partial charge in [-0.2, -0.15) is 0 Å². The molecule has 20 heavy (non-hydrogen) atoms. The molecule has 0 N–H and O–H groups in total. The second-order valence-electron chi connectivity index (χ2n) is 5.30. The number of ether oxygens (including phenoxy) is 1. The molecule has 3 heteroatoms. The Morgan fingerprint density at radius 1 is 1.15 bits per heavy atom. The lowest BCUT2D eigenvalue weighted by Gasteiger charge is -2.26. The highest BCUT2D eigenvalue weighted by atomic mass is 35.5. The summed E-state index contributed by atoms with van der Waals surface area (Å²) in [6.45, 7) is 2.66. The monoisotopic (exact) mass is 287 g/mol. The van der Waals surface area contributed by atoms with Crippen LogP contribution in [-0.4, -0.2) is 18.5 Å². The first-order valence-electron chi connectivity index (χ1n) is 6.89. The highest BCUT2D eigenvalue weighted by molar-refractivity contribution is 6.30. The molecule has 2 aromatic carbocycles. The first kappa shape index (κ1) is 13.5. The molecule has 0 saturated heterocycles. The van der Waals surface area contributed by atoms with Crippen LogP contribution in [0.15, 0.2) is 42.5 Å². The molecule has 0 unspecified atom stereocenters. The van der Waals surface area contributed by atoms with Crippen LogP contribution >= 0.6 is 11.6 Å². The van der Waals surface area contributed by atoms with Gasteiger partial charge in [-0.05, 0) is 42.8 Å². The summed E-state index contributed by atoms with van der Waals surface area (Å²) < 4.78 is 6.01. The smallest absolute Gasteiger partial charge is 0.124 e. The molecular formula is C17H18ClNO. The number of rotatable bonds is 3. The summed E-state index contributed by atoms with van der Waals surface area (Å²) in [6.07, 6.45) is 1.10. The van der Waals surface area contributed by atoms with Crippen molar-refractivity contribution in [3.05, 3.63) is 64.2 Å². The normalized spacial score (nSPS) is 14.9. The van der Waals surface area contributed by atoms with Gasteiger partial charge in [0.05, 0.1) is 0 Å². The van der Waals surface area contributed by atoms with Crippen LogP contribution in [0.25, 0.3) is 0 Å². The number of hydrogen-bond acceptors (Lipinski definition) is 2. The van der Waals surface area contributed by atoms with E-state index < -0.39 is 0 Å². The van der Waals surface area contributed by atoms with Crippen LogP contribution in [0.5, 0.6) is 5.75 Å². The zero-order valence-corrected chi connectivity index (χ0v) is 12.4. The molecule has 0 aromatic heterocycles. The molecule has 2 aromatic rings. The summed E-state index contributed by atoms with van der Waals surface area (Å²) in [4.78, 5) is 2.33. The number of halogens is 1. The lowest BCUT2D eigenvalue weighted by Crippen LogP contribution is -2.26. The van der Waals surface area contributed by atoms with E-state index in [1.807, 2.05) is 24.3 Å². The topological polar surface area (TPSA) is 12.5 Å². The standard InChI is InChI=1S/C17H18ClNO/c1-19-10-9-14-3-2-4-17(16(14)11-19)20-12-13-5-7-15(18)8-6-13/h2-8H,9-12H2,1H3. The van der Waals surface area contributed by atoms with Gasteiger partial charge in [0.25, 0.3) is 0 Å². The minimum Gasteiger partial charge on any atom is -0.489 e. The molecule has 0 aliphatic carbocycles. The van der Waals surface area contributed by atoms with Gasteiger partial charge in [0, 0.05) is 23.7 Å². The highest BCUT2D eigenvalue weighted by Crippen LogP contribution is 2.28. The Labute approximate surface area is 124 Å². The first-order chi connectivity index (χ1) is 9.72. The van der Waals surface area contributed by atoms with Crippen molar-refractivity contribution in [2.45, 2.75) is 19.6 Å². The van der Waals surface area contributed by atoms with Crippen molar-refractivity contribution in [1.82, 2.24) is 4.90 Å². The maximum Gasteiger partial charge on any atom is 0.124 e. The lowest BCUT2D eigenvalue weighted by molar-refractivity contribution is 0.275. The molecule has 1 heterocycles. The number of hydrogen-bond donors (Lipinski definition) is 0. The van der Waals surface area contributed by atoms with Gasteiger partial charge in [-0.15, -0.1) is 0 Å². The fourth-order valence-corrected chi connectivity index (χ4v) is 2.69. The molecule has 0 radical (unpaired) electrons. The van der Waals surface area contributed by atoms with Gasteiger partial charge >= 0.3 is 0 Å². The molecule has 104 valence electrons. The summed E-state index contributed by atoms with van der Waals surface area (Å²) in [5, 5.41) is 0.757. The summed E-state index contributed by atoms with van der Waals surface area (Å²) in [5.41, 5.74) is 3.88. The summed E-state index contributed by atoms with van der Waals surface area (Å²) >= 11 is 5.89. The molecule has 0 amide bonds. The van der Waals surface area contributed by atoms with E-state index >= 15 is 0 Å². The van der Waals surface area contributed by atoms with E-state index in [0.29, 0.717) is 6.61 Å². The largest absolute Gasteiger partial charge is 0.489 e. The van der Waals surface area contributed by atoms with Gasteiger partial charge in [0.15, 0.2) is 0 Å². The number of benzene rings is 2. The van der Waals surface area contributed by atoms with Gasteiger partial charge in [0.1, 0.15) is 12.4 Å². The van der Waals surface area contributed by atoms with Crippen molar-refractivity contribution in [3.8, 4) is 5.75 Å². The summed E-state index contributed by atoms with van der Waals surface area (Å²) in [6, 6.07) is 14.2. The van der Waals surface area contributed by atoms with E-state index in [2.05, 4.69) is 30.1 Å². The van der Waals surface area contributed by atoms with Crippen molar-refractivity contribution < 1.29 is 4.74 Å². The summed E-state index contributed by atoms with van der Waals surface area (Å²) in [5.74, 6) is 1.00. The minimum atomic E-state index is 0.581. The molecule has 3 rings (SSSR count). The van der Waals surface area contributed by atoms with Crippen molar-refractivity contribution in [1.29, 1.82) is 0 Å². The molecule has 0 atom stereocenters.